The number of benzene rings is 1. The van der Waals surface area contributed by atoms with Crippen LogP contribution in [0.15, 0.2) is 29.4 Å². The number of hydrogen-bond acceptors (Lipinski definition) is 4. The van der Waals surface area contributed by atoms with Crippen molar-refractivity contribution in [1.29, 1.82) is 0 Å². The van der Waals surface area contributed by atoms with Gasteiger partial charge in [-0.2, -0.15) is 0 Å². The Bertz CT molecular complexity index is 454. The minimum atomic E-state index is -1.17. The molecule has 0 aliphatic carbocycles. The lowest BCUT2D eigenvalue weighted by atomic mass is 10.1. The fourth-order valence-corrected chi connectivity index (χ4v) is 1.76. The van der Waals surface area contributed by atoms with Gasteiger partial charge in [-0.3, -0.25) is 4.79 Å². The number of alkyl halides is 3. The molecule has 0 spiro atoms. The van der Waals surface area contributed by atoms with E-state index in [1.807, 2.05) is 0 Å². The molecule has 4 nitrogen and oxygen atoms in total. The van der Waals surface area contributed by atoms with Crippen molar-refractivity contribution in [2.75, 3.05) is 7.11 Å². The van der Waals surface area contributed by atoms with Crippen molar-refractivity contribution in [3.63, 3.8) is 0 Å². The third-order valence-corrected chi connectivity index (χ3v) is 3.01. The number of nitrogens with zero attached hydrogens (tertiary/aromatic N) is 1. The molecule has 0 saturated carbocycles. The van der Waals surface area contributed by atoms with E-state index in [9.17, 15) is 4.79 Å². The van der Waals surface area contributed by atoms with Crippen molar-refractivity contribution in [2.45, 2.75) is 2.14 Å². The minimum absolute atomic E-state index is 0.118. The molecule has 0 bridgehead atoms. The monoisotopic (exact) mass is 427 g/mol. The van der Waals surface area contributed by atoms with Gasteiger partial charge in [0.15, 0.2) is 7.85 Å². The van der Waals surface area contributed by atoms with E-state index in [-0.39, 0.29) is 5.71 Å². The van der Waals surface area contributed by atoms with E-state index in [1.165, 1.54) is 7.11 Å². The number of ketones is 1. The van der Waals surface area contributed by atoms with Gasteiger partial charge >= 0.3 is 0 Å². The number of halogens is 3. The lowest BCUT2D eigenvalue weighted by Gasteiger charge is -2.13. The average molecular weight is 430 g/mol. The molecule has 0 amide bonds. The van der Waals surface area contributed by atoms with E-state index in [0.717, 1.165) is 0 Å². The number of oxime groups is 1. The van der Waals surface area contributed by atoms with Crippen LogP contribution < -0.4 is 4.74 Å². The first-order valence-electron chi connectivity index (χ1n) is 4.38. The summed E-state index contributed by atoms with van der Waals surface area (Å²) in [6, 6.07) is 6.77. The normalized spacial score (nSPS) is 12.4. The Balaban J connectivity index is 3.25. The van der Waals surface area contributed by atoms with Crippen LogP contribution in [0.25, 0.3) is 0 Å². The second-order valence-electron chi connectivity index (χ2n) is 2.98. The van der Waals surface area contributed by atoms with Crippen molar-refractivity contribution in [3.8, 4) is 5.75 Å². The van der Waals surface area contributed by atoms with Gasteiger partial charge in [-0.05, 0) is 12.1 Å². The molecule has 1 N–H and O–H groups in total. The molecular formula is C10H8Br3NO3. The average Bonchev–Trinajstić information content (AvgIpc) is 2.29. The number of methoxy groups -OCH3 is 1. The van der Waals surface area contributed by atoms with Gasteiger partial charge in [0.1, 0.15) is 5.75 Å². The predicted molar refractivity (Wildman–Crippen MR) is 75.8 cm³/mol. The molecule has 1 rings (SSSR count). The summed E-state index contributed by atoms with van der Waals surface area (Å²) in [5.74, 6) is -0.0325. The molecule has 92 valence electrons. The highest BCUT2D eigenvalue weighted by Crippen LogP contribution is 2.36. The van der Waals surface area contributed by atoms with Crippen LogP contribution in [0.4, 0.5) is 0 Å². The first kappa shape index (κ1) is 14.7. The molecule has 17 heavy (non-hydrogen) atoms. The summed E-state index contributed by atoms with van der Waals surface area (Å²) >= 11 is 9.24. The van der Waals surface area contributed by atoms with Crippen LogP contribution in [-0.2, 0) is 4.79 Å². The molecule has 7 heteroatoms. The fraction of sp³-hybridized carbons (Fsp3) is 0.200. The fourth-order valence-electron chi connectivity index (χ4n) is 1.20. The van der Waals surface area contributed by atoms with E-state index >= 15 is 0 Å². The zero-order valence-corrected chi connectivity index (χ0v) is 13.4. The van der Waals surface area contributed by atoms with E-state index in [0.29, 0.717) is 11.3 Å². The van der Waals surface area contributed by atoms with Gasteiger partial charge in [-0.1, -0.05) is 65.1 Å². The lowest BCUT2D eigenvalue weighted by molar-refractivity contribution is -0.111. The van der Waals surface area contributed by atoms with Crippen molar-refractivity contribution < 1.29 is 14.7 Å². The predicted octanol–water partition coefficient (Wildman–Crippen LogP) is 3.28. The third kappa shape index (κ3) is 3.53. The summed E-state index contributed by atoms with van der Waals surface area (Å²) in [6.07, 6.45) is 0. The molecule has 0 aliphatic rings. The van der Waals surface area contributed by atoms with Crippen molar-refractivity contribution in [3.05, 3.63) is 29.8 Å². The molecule has 0 aromatic heterocycles. The second kappa shape index (κ2) is 5.97. The highest BCUT2D eigenvalue weighted by molar-refractivity contribution is 9.40. The van der Waals surface area contributed by atoms with Crippen LogP contribution in [0, 0.1) is 0 Å². The second-order valence-corrected chi connectivity index (χ2v) is 9.74. The maximum atomic E-state index is 12.0. The number of carbonyl (C=O) groups is 1. The summed E-state index contributed by atoms with van der Waals surface area (Å²) in [7, 11) is 1.47. The smallest absolute Gasteiger partial charge is 0.223 e. The molecule has 0 fully saturated rings. The standard InChI is InChI=1S/C10H8Br3NO3/c1-17-7-5-3-2-4-6(7)8(14-16)9(15)10(11,12)13/h2-5,16H,1H3/b14-8-. The van der Waals surface area contributed by atoms with Crippen molar-refractivity contribution >= 4 is 59.3 Å². The first-order chi connectivity index (χ1) is 7.91. The molecule has 0 saturated heterocycles. The Labute approximate surface area is 123 Å². The molecule has 0 unspecified atom stereocenters. The SMILES string of the molecule is COc1ccccc1/C(=N/O)C(=O)C(Br)(Br)Br. The summed E-state index contributed by atoms with van der Waals surface area (Å²) in [6.45, 7) is 0. The van der Waals surface area contributed by atoms with E-state index < -0.39 is 7.93 Å². The van der Waals surface area contributed by atoms with Gasteiger partial charge in [0.05, 0.1) is 7.11 Å². The van der Waals surface area contributed by atoms with Crippen LogP contribution in [0.3, 0.4) is 0 Å². The van der Waals surface area contributed by atoms with E-state index in [1.54, 1.807) is 24.3 Å². The molecule has 0 aliphatic heterocycles. The zero-order valence-electron chi connectivity index (χ0n) is 8.65. The molecular weight excluding hydrogens is 422 g/mol. The third-order valence-electron chi connectivity index (χ3n) is 1.93. The quantitative estimate of drug-likeness (QED) is 0.347. The van der Waals surface area contributed by atoms with Crippen LogP contribution in [0.5, 0.6) is 5.75 Å². The molecule has 0 heterocycles. The zero-order chi connectivity index (χ0) is 13.1. The topological polar surface area (TPSA) is 58.9 Å². The van der Waals surface area contributed by atoms with E-state index in [2.05, 4.69) is 52.9 Å². The van der Waals surface area contributed by atoms with Gasteiger partial charge in [0.2, 0.25) is 5.78 Å². The van der Waals surface area contributed by atoms with Crippen LogP contribution >= 0.6 is 47.8 Å². The Morgan fingerprint density at radius 3 is 2.41 bits per heavy atom. The molecule has 1 aromatic carbocycles. The van der Waals surface area contributed by atoms with Gasteiger partial charge in [0.25, 0.3) is 0 Å². The summed E-state index contributed by atoms with van der Waals surface area (Å²) < 4.78 is 3.93. The number of hydrogen-bond donors (Lipinski definition) is 1. The summed E-state index contributed by atoms with van der Waals surface area (Å²) in [5.41, 5.74) is 0.290. The molecule has 1 aromatic rings. The number of para-hydroxylation sites is 1. The molecule has 0 atom stereocenters. The van der Waals surface area contributed by atoms with Crippen molar-refractivity contribution in [2.24, 2.45) is 5.16 Å². The van der Waals surface area contributed by atoms with Crippen LogP contribution in [0.2, 0.25) is 0 Å². The first-order valence-corrected chi connectivity index (χ1v) is 6.76. The Morgan fingerprint density at radius 2 is 1.94 bits per heavy atom. The maximum Gasteiger partial charge on any atom is 0.223 e. The van der Waals surface area contributed by atoms with Crippen molar-refractivity contribution in [1.82, 2.24) is 0 Å². The highest BCUT2D eigenvalue weighted by atomic mass is 80.0. The largest absolute Gasteiger partial charge is 0.496 e. The number of carbonyl (C=O) groups excluding carboxylic acids is 1. The summed E-state index contributed by atoms with van der Waals surface area (Å²) in [4.78, 5) is 12.0. The Morgan fingerprint density at radius 1 is 1.35 bits per heavy atom. The highest BCUT2D eigenvalue weighted by Gasteiger charge is 2.34. The molecule has 0 radical (unpaired) electrons. The van der Waals surface area contributed by atoms with Crippen LogP contribution in [0.1, 0.15) is 5.56 Å². The Hall–Kier alpha value is -0.400. The number of rotatable bonds is 3. The van der Waals surface area contributed by atoms with Gasteiger partial charge in [0, 0.05) is 5.56 Å². The minimum Gasteiger partial charge on any atom is -0.496 e. The number of ether oxygens (including phenoxy) is 1. The summed E-state index contributed by atoms with van der Waals surface area (Å²) in [5, 5.41) is 12.0. The van der Waals surface area contributed by atoms with Crippen LogP contribution in [-0.4, -0.2) is 26.0 Å². The van der Waals surface area contributed by atoms with Gasteiger partial charge in [-0.15, -0.1) is 0 Å². The van der Waals surface area contributed by atoms with Gasteiger partial charge in [-0.25, -0.2) is 0 Å². The lowest BCUT2D eigenvalue weighted by Crippen LogP contribution is -2.28. The van der Waals surface area contributed by atoms with Gasteiger partial charge < -0.3 is 9.94 Å². The Kier molecular flexibility index (Phi) is 5.15. The number of Topliss-reactive ketones (excluding diaryl/α,β-unsaturated/α-hetero) is 1. The maximum absolute atomic E-state index is 12.0. The van der Waals surface area contributed by atoms with E-state index in [4.69, 9.17) is 9.94 Å².